The van der Waals surface area contributed by atoms with Gasteiger partial charge in [0, 0.05) is 11.6 Å². The Bertz CT molecular complexity index is 366. The monoisotopic (exact) mass is 281 g/mol. The van der Waals surface area contributed by atoms with E-state index in [0.29, 0.717) is 6.04 Å². The summed E-state index contributed by atoms with van der Waals surface area (Å²) < 4.78 is 7.62. The highest BCUT2D eigenvalue weighted by molar-refractivity contribution is 5.11. The molecule has 1 N–H and O–H groups in total. The molecule has 4 heteroatoms. The maximum absolute atomic E-state index is 5.70. The van der Waals surface area contributed by atoms with E-state index in [4.69, 9.17) is 4.74 Å². The van der Waals surface area contributed by atoms with Crippen LogP contribution < -0.4 is 10.1 Å². The Morgan fingerprint density at radius 3 is 2.50 bits per heavy atom. The van der Waals surface area contributed by atoms with Crippen molar-refractivity contribution in [1.82, 2.24) is 15.1 Å². The van der Waals surface area contributed by atoms with Gasteiger partial charge in [0.15, 0.2) is 5.75 Å². The molecule has 116 valence electrons. The number of nitrogens with one attached hydrogen (secondary N) is 1. The molecule has 0 radical (unpaired) electrons. The van der Waals surface area contributed by atoms with Crippen LogP contribution in [0.5, 0.6) is 5.75 Å². The Kier molecular flexibility index (Phi) is 7.06. The summed E-state index contributed by atoms with van der Waals surface area (Å²) in [5, 5.41) is 7.77. The zero-order valence-electron chi connectivity index (χ0n) is 13.8. The highest BCUT2D eigenvalue weighted by Gasteiger charge is 2.07. The number of hydrogen-bond acceptors (Lipinski definition) is 3. The van der Waals surface area contributed by atoms with E-state index in [0.717, 1.165) is 25.3 Å². The number of ether oxygens (including phenoxy) is 1. The third-order valence-electron chi connectivity index (χ3n) is 3.10. The van der Waals surface area contributed by atoms with Crippen molar-refractivity contribution in [3.63, 3.8) is 0 Å². The minimum atomic E-state index is 0.236. The van der Waals surface area contributed by atoms with E-state index in [2.05, 4.69) is 45.0 Å². The van der Waals surface area contributed by atoms with Gasteiger partial charge in [0.2, 0.25) is 0 Å². The zero-order valence-corrected chi connectivity index (χ0v) is 13.8. The minimum absolute atomic E-state index is 0.236. The lowest BCUT2D eigenvalue weighted by Crippen LogP contribution is -2.36. The summed E-state index contributed by atoms with van der Waals surface area (Å²) in [4.78, 5) is 0. The fourth-order valence-corrected chi connectivity index (χ4v) is 1.91. The van der Waals surface area contributed by atoms with Gasteiger partial charge < -0.3 is 10.1 Å². The molecule has 1 heterocycles. The van der Waals surface area contributed by atoms with Gasteiger partial charge >= 0.3 is 0 Å². The first-order valence-corrected chi connectivity index (χ1v) is 7.80. The van der Waals surface area contributed by atoms with E-state index in [1.165, 1.54) is 19.3 Å². The standard InChI is InChI=1S/C16H31N3O/c1-14(2)19-13-15(12-18-19)20-11-9-7-6-8-10-17-16(3,4)5/h12-14,17H,6-11H2,1-5H3. The van der Waals surface area contributed by atoms with Gasteiger partial charge in [0.05, 0.1) is 19.0 Å². The Balaban J connectivity index is 1.99. The molecule has 1 rings (SSSR count). The van der Waals surface area contributed by atoms with Crippen molar-refractivity contribution in [3.05, 3.63) is 12.4 Å². The molecule has 0 spiro atoms. The van der Waals surface area contributed by atoms with Gasteiger partial charge in [-0.2, -0.15) is 5.10 Å². The molecule has 4 nitrogen and oxygen atoms in total. The van der Waals surface area contributed by atoms with E-state index < -0.39 is 0 Å². The van der Waals surface area contributed by atoms with Crippen molar-refractivity contribution in [2.45, 2.75) is 71.9 Å². The van der Waals surface area contributed by atoms with Crippen LogP contribution in [-0.4, -0.2) is 28.5 Å². The molecule has 0 saturated heterocycles. The van der Waals surface area contributed by atoms with Crippen molar-refractivity contribution in [2.75, 3.05) is 13.2 Å². The highest BCUT2D eigenvalue weighted by atomic mass is 16.5. The van der Waals surface area contributed by atoms with Crippen LogP contribution in [0.25, 0.3) is 0 Å². The third-order valence-corrected chi connectivity index (χ3v) is 3.10. The molecule has 0 atom stereocenters. The predicted molar refractivity (Wildman–Crippen MR) is 84.3 cm³/mol. The summed E-state index contributed by atoms with van der Waals surface area (Å²) in [5.74, 6) is 0.882. The molecule has 0 unspecified atom stereocenters. The number of rotatable bonds is 9. The van der Waals surface area contributed by atoms with Gasteiger partial charge in [0.25, 0.3) is 0 Å². The zero-order chi connectivity index (χ0) is 15.0. The first-order chi connectivity index (χ1) is 9.38. The lowest BCUT2D eigenvalue weighted by Gasteiger charge is -2.20. The summed E-state index contributed by atoms with van der Waals surface area (Å²) in [7, 11) is 0. The van der Waals surface area contributed by atoms with E-state index in [1.54, 1.807) is 6.20 Å². The molecule has 0 bridgehead atoms. The summed E-state index contributed by atoms with van der Waals surface area (Å²) in [6.07, 6.45) is 8.61. The van der Waals surface area contributed by atoms with E-state index in [9.17, 15) is 0 Å². The minimum Gasteiger partial charge on any atom is -0.490 e. The molecule has 0 aromatic carbocycles. The topological polar surface area (TPSA) is 39.1 Å². The molecule has 0 amide bonds. The second kappa shape index (κ2) is 8.30. The molecular weight excluding hydrogens is 250 g/mol. The molecule has 0 aliphatic rings. The third kappa shape index (κ3) is 7.53. The summed E-state index contributed by atoms with van der Waals surface area (Å²) in [6.45, 7) is 12.7. The SMILES string of the molecule is CC(C)n1cc(OCCCCCCNC(C)(C)C)cn1. The van der Waals surface area contributed by atoms with Crippen LogP contribution in [0, 0.1) is 0 Å². The van der Waals surface area contributed by atoms with Crippen molar-refractivity contribution in [2.24, 2.45) is 0 Å². The molecular formula is C16H31N3O. The maximum atomic E-state index is 5.70. The second-order valence-corrected chi connectivity index (χ2v) is 6.69. The Morgan fingerprint density at radius 1 is 1.20 bits per heavy atom. The first kappa shape index (κ1) is 17.0. The van der Waals surface area contributed by atoms with Gasteiger partial charge in [-0.3, -0.25) is 4.68 Å². The van der Waals surface area contributed by atoms with Crippen LogP contribution in [0.3, 0.4) is 0 Å². The number of aromatic nitrogens is 2. The summed E-state index contributed by atoms with van der Waals surface area (Å²) >= 11 is 0. The highest BCUT2D eigenvalue weighted by Crippen LogP contribution is 2.13. The molecule has 20 heavy (non-hydrogen) atoms. The van der Waals surface area contributed by atoms with Crippen LogP contribution in [0.1, 0.15) is 66.3 Å². The van der Waals surface area contributed by atoms with E-state index in [-0.39, 0.29) is 5.54 Å². The Labute approximate surface area is 123 Å². The Hall–Kier alpha value is -1.03. The average molecular weight is 281 g/mol. The van der Waals surface area contributed by atoms with Crippen LogP contribution in [0.15, 0.2) is 12.4 Å². The summed E-state index contributed by atoms with van der Waals surface area (Å²) in [6, 6.07) is 0.391. The van der Waals surface area contributed by atoms with Crippen LogP contribution >= 0.6 is 0 Å². The van der Waals surface area contributed by atoms with Gasteiger partial charge in [0.1, 0.15) is 0 Å². The largest absolute Gasteiger partial charge is 0.490 e. The maximum Gasteiger partial charge on any atom is 0.157 e. The quantitative estimate of drug-likeness (QED) is 0.700. The normalized spacial score (nSPS) is 12.1. The lowest BCUT2D eigenvalue weighted by molar-refractivity contribution is 0.303. The first-order valence-electron chi connectivity index (χ1n) is 7.80. The fourth-order valence-electron chi connectivity index (χ4n) is 1.91. The van der Waals surface area contributed by atoms with Gasteiger partial charge in [-0.15, -0.1) is 0 Å². The lowest BCUT2D eigenvalue weighted by atomic mass is 10.1. The van der Waals surface area contributed by atoms with Crippen molar-refractivity contribution in [3.8, 4) is 5.75 Å². The smallest absolute Gasteiger partial charge is 0.157 e. The molecule has 1 aromatic heterocycles. The molecule has 0 aliphatic heterocycles. The Morgan fingerprint density at radius 2 is 1.90 bits per heavy atom. The van der Waals surface area contributed by atoms with Gasteiger partial charge in [-0.1, -0.05) is 12.8 Å². The van der Waals surface area contributed by atoms with Crippen LogP contribution in [0.2, 0.25) is 0 Å². The number of nitrogens with zero attached hydrogens (tertiary/aromatic N) is 2. The van der Waals surface area contributed by atoms with E-state index in [1.807, 2.05) is 10.9 Å². The molecule has 1 aromatic rings. The molecule has 0 saturated carbocycles. The number of unbranched alkanes of at least 4 members (excludes halogenated alkanes) is 3. The van der Waals surface area contributed by atoms with Crippen molar-refractivity contribution < 1.29 is 4.74 Å². The van der Waals surface area contributed by atoms with Crippen molar-refractivity contribution in [1.29, 1.82) is 0 Å². The van der Waals surface area contributed by atoms with Crippen LogP contribution in [0.4, 0.5) is 0 Å². The van der Waals surface area contributed by atoms with Gasteiger partial charge in [-0.05, 0) is 54.0 Å². The number of hydrogen-bond donors (Lipinski definition) is 1. The summed E-state index contributed by atoms with van der Waals surface area (Å²) in [5.41, 5.74) is 0.236. The predicted octanol–water partition coefficient (Wildman–Crippen LogP) is 3.79. The van der Waals surface area contributed by atoms with Gasteiger partial charge in [-0.25, -0.2) is 0 Å². The fraction of sp³-hybridized carbons (Fsp3) is 0.812. The van der Waals surface area contributed by atoms with Crippen molar-refractivity contribution >= 4 is 0 Å². The molecule has 0 aliphatic carbocycles. The molecule has 0 fully saturated rings. The van der Waals surface area contributed by atoms with Crippen LogP contribution in [-0.2, 0) is 0 Å². The van der Waals surface area contributed by atoms with E-state index >= 15 is 0 Å². The second-order valence-electron chi connectivity index (χ2n) is 6.69. The average Bonchev–Trinajstić information content (AvgIpc) is 2.80.